The lowest BCUT2D eigenvalue weighted by Gasteiger charge is -2.39. The van der Waals surface area contributed by atoms with Crippen LogP contribution in [-0.4, -0.2) is 10.4 Å². The summed E-state index contributed by atoms with van der Waals surface area (Å²) in [5.41, 5.74) is 11.3. The average Bonchev–Trinajstić information content (AvgIpc) is 3.68. The van der Waals surface area contributed by atoms with Crippen molar-refractivity contribution in [1.82, 2.24) is 15.2 Å². The van der Waals surface area contributed by atoms with Gasteiger partial charge >= 0.3 is 0 Å². The summed E-state index contributed by atoms with van der Waals surface area (Å²) in [4.78, 5) is 5.42. The van der Waals surface area contributed by atoms with Gasteiger partial charge in [0.05, 0.1) is 16.4 Å². The number of para-hydroxylation sites is 3. The van der Waals surface area contributed by atoms with Crippen molar-refractivity contribution >= 4 is 27.6 Å². The fraction of sp³-hybridized carbons (Fsp3) is 0.0652. The van der Waals surface area contributed by atoms with Gasteiger partial charge in [-0.2, -0.15) is 0 Å². The molecule has 1 spiro atoms. The van der Waals surface area contributed by atoms with Crippen LogP contribution in [0.25, 0.3) is 32.9 Å². The molecule has 8 aromatic rings. The molecular weight excluding hydrogens is 625 g/mol. The van der Waals surface area contributed by atoms with Gasteiger partial charge in [0.2, 0.25) is 0 Å². The van der Waals surface area contributed by atoms with E-state index in [-0.39, 0.29) is 12.5 Å². The number of aliphatic imine (C=N–C) groups is 1. The number of ether oxygens (including phenoxy) is 1. The molecule has 1 aromatic heterocycles. The maximum absolute atomic E-state index is 6.62. The van der Waals surface area contributed by atoms with E-state index < -0.39 is 5.41 Å². The third-order valence-electron chi connectivity index (χ3n) is 10.9. The van der Waals surface area contributed by atoms with Gasteiger partial charge in [-0.1, -0.05) is 140 Å². The molecule has 0 saturated carbocycles. The van der Waals surface area contributed by atoms with Gasteiger partial charge in [-0.05, 0) is 58.1 Å². The minimum Gasteiger partial charge on any atom is -0.457 e. The Balaban J connectivity index is 1.22. The number of nitrogens with zero attached hydrogens (tertiary/aromatic N) is 2. The second-order valence-corrected chi connectivity index (χ2v) is 13.6. The predicted octanol–water partition coefficient (Wildman–Crippen LogP) is 10.1. The molecule has 11 rings (SSSR count). The number of aromatic nitrogens is 1. The maximum Gasteiger partial charge on any atom is 0.184 e. The predicted molar refractivity (Wildman–Crippen MR) is 204 cm³/mol. The van der Waals surface area contributed by atoms with Gasteiger partial charge in [-0.3, -0.25) is 5.32 Å². The Morgan fingerprint density at radius 1 is 0.529 bits per heavy atom. The van der Waals surface area contributed by atoms with E-state index in [4.69, 9.17) is 9.73 Å². The molecule has 2 N–H and O–H groups in total. The molecule has 2 aliphatic heterocycles. The van der Waals surface area contributed by atoms with E-state index in [9.17, 15) is 0 Å². The Hall–Kier alpha value is -6.43. The standard InChI is InChI=1S/C46H32N4O/c1-3-15-29(16-4-1)43-47-44(30-17-5-2-6-18-30)49-45(48-43)50-39-24-12-8-20-32(39)34-27-33-31-19-7-9-21-35(31)46(38(33)28-40(34)50)36-22-10-13-25-41(36)51-42-26-14-11-23-37(42)46/h1-28,43,45,48H,(H,47,49). The Bertz CT molecular complexity index is 2650. The van der Waals surface area contributed by atoms with Gasteiger partial charge in [0.15, 0.2) is 6.29 Å². The first-order valence-corrected chi connectivity index (χ1v) is 17.5. The molecule has 0 fully saturated rings. The number of hydrogen-bond donors (Lipinski definition) is 2. The molecule has 5 nitrogen and oxygen atoms in total. The zero-order chi connectivity index (χ0) is 33.5. The molecule has 242 valence electrons. The van der Waals surface area contributed by atoms with Gasteiger partial charge < -0.3 is 14.6 Å². The van der Waals surface area contributed by atoms with Gasteiger partial charge in [0.25, 0.3) is 0 Å². The first-order valence-electron chi connectivity index (χ1n) is 17.5. The topological polar surface area (TPSA) is 50.6 Å². The SMILES string of the molecule is c1ccc(C2=NC(n3c4ccccc4c4cc5c(cc43)C3(c4ccccc4Oc4ccccc43)c3ccccc3-5)NC(c3ccccc3)N2)cc1. The minimum absolute atomic E-state index is 0.153. The molecule has 0 saturated heterocycles. The van der Waals surface area contributed by atoms with E-state index in [2.05, 4.69) is 179 Å². The molecule has 0 bridgehead atoms. The smallest absolute Gasteiger partial charge is 0.184 e. The van der Waals surface area contributed by atoms with Crippen molar-refractivity contribution in [3.05, 3.63) is 203 Å². The van der Waals surface area contributed by atoms with Crippen molar-refractivity contribution in [2.24, 2.45) is 4.99 Å². The Morgan fingerprint density at radius 2 is 1.16 bits per heavy atom. The average molecular weight is 657 g/mol. The third-order valence-corrected chi connectivity index (χ3v) is 10.9. The normalized spacial score (nSPS) is 17.9. The van der Waals surface area contributed by atoms with E-state index in [1.165, 1.54) is 33.0 Å². The van der Waals surface area contributed by atoms with E-state index in [1.54, 1.807) is 0 Å². The second kappa shape index (κ2) is 10.8. The molecule has 1 aliphatic carbocycles. The minimum atomic E-state index is -0.556. The molecule has 2 atom stereocenters. The maximum atomic E-state index is 6.62. The number of amidine groups is 1. The van der Waals surface area contributed by atoms with Crippen molar-refractivity contribution in [2.45, 2.75) is 17.9 Å². The molecule has 3 aliphatic rings. The van der Waals surface area contributed by atoms with Crippen LogP contribution in [0.5, 0.6) is 11.5 Å². The molecule has 3 heterocycles. The first kappa shape index (κ1) is 28.4. The highest BCUT2D eigenvalue weighted by Crippen LogP contribution is 2.62. The molecule has 0 amide bonds. The van der Waals surface area contributed by atoms with Crippen LogP contribution in [0.4, 0.5) is 0 Å². The van der Waals surface area contributed by atoms with Crippen LogP contribution in [0.15, 0.2) is 175 Å². The van der Waals surface area contributed by atoms with Gasteiger partial charge in [0.1, 0.15) is 23.5 Å². The van der Waals surface area contributed by atoms with Crippen LogP contribution in [-0.2, 0) is 5.41 Å². The van der Waals surface area contributed by atoms with Crippen LogP contribution >= 0.6 is 0 Å². The highest BCUT2D eigenvalue weighted by atomic mass is 16.5. The summed E-state index contributed by atoms with van der Waals surface area (Å²) in [5.74, 6) is 2.64. The summed E-state index contributed by atoms with van der Waals surface area (Å²) >= 11 is 0. The lowest BCUT2D eigenvalue weighted by Crippen LogP contribution is -2.46. The van der Waals surface area contributed by atoms with Crippen molar-refractivity contribution in [3.8, 4) is 22.6 Å². The van der Waals surface area contributed by atoms with E-state index >= 15 is 0 Å². The fourth-order valence-corrected chi connectivity index (χ4v) is 8.84. The number of fused-ring (bicyclic) bond motifs is 12. The highest BCUT2D eigenvalue weighted by Gasteiger charge is 2.51. The first-order chi connectivity index (χ1) is 25.3. The van der Waals surface area contributed by atoms with Crippen molar-refractivity contribution in [1.29, 1.82) is 0 Å². The molecule has 51 heavy (non-hydrogen) atoms. The quantitative estimate of drug-likeness (QED) is 0.199. The Labute approximate surface area is 295 Å². The molecule has 2 unspecified atom stereocenters. The Morgan fingerprint density at radius 3 is 1.92 bits per heavy atom. The van der Waals surface area contributed by atoms with Gasteiger partial charge in [-0.25, -0.2) is 4.99 Å². The number of benzene rings is 7. The van der Waals surface area contributed by atoms with Crippen LogP contribution in [0.2, 0.25) is 0 Å². The summed E-state index contributed by atoms with van der Waals surface area (Å²) in [6.07, 6.45) is -0.541. The fourth-order valence-electron chi connectivity index (χ4n) is 8.84. The molecule has 0 radical (unpaired) electrons. The van der Waals surface area contributed by atoms with Crippen molar-refractivity contribution < 1.29 is 4.74 Å². The van der Waals surface area contributed by atoms with Crippen LogP contribution in [0, 0.1) is 0 Å². The second-order valence-electron chi connectivity index (χ2n) is 13.6. The van der Waals surface area contributed by atoms with Gasteiger partial charge in [-0.15, -0.1) is 0 Å². The monoisotopic (exact) mass is 656 g/mol. The summed E-state index contributed by atoms with van der Waals surface area (Å²) in [5, 5.41) is 10.0. The summed E-state index contributed by atoms with van der Waals surface area (Å²) < 4.78 is 9.02. The van der Waals surface area contributed by atoms with Crippen LogP contribution < -0.4 is 15.4 Å². The summed E-state index contributed by atoms with van der Waals surface area (Å²) in [7, 11) is 0. The van der Waals surface area contributed by atoms with Crippen molar-refractivity contribution in [3.63, 3.8) is 0 Å². The number of hydrogen-bond acceptors (Lipinski definition) is 4. The molecule has 5 heteroatoms. The number of rotatable bonds is 3. The summed E-state index contributed by atoms with van der Waals surface area (Å²) in [6.45, 7) is 0. The van der Waals surface area contributed by atoms with Crippen LogP contribution in [0.1, 0.15) is 45.8 Å². The van der Waals surface area contributed by atoms with E-state index in [0.29, 0.717) is 0 Å². The zero-order valence-corrected chi connectivity index (χ0v) is 27.6. The largest absolute Gasteiger partial charge is 0.457 e. The van der Waals surface area contributed by atoms with Crippen LogP contribution in [0.3, 0.4) is 0 Å². The van der Waals surface area contributed by atoms with E-state index in [0.717, 1.165) is 50.6 Å². The summed E-state index contributed by atoms with van der Waals surface area (Å²) in [6, 6.07) is 60.6. The lowest BCUT2D eigenvalue weighted by atomic mass is 9.66. The molecule has 7 aromatic carbocycles. The lowest BCUT2D eigenvalue weighted by molar-refractivity contribution is 0.341. The van der Waals surface area contributed by atoms with Crippen molar-refractivity contribution in [2.75, 3.05) is 0 Å². The number of nitrogens with one attached hydrogen (secondary N) is 2. The molecular formula is C46H32N4O. The Kier molecular flexibility index (Phi) is 6.01. The highest BCUT2D eigenvalue weighted by molar-refractivity contribution is 6.11. The van der Waals surface area contributed by atoms with Gasteiger partial charge in [0, 0.05) is 27.5 Å². The van der Waals surface area contributed by atoms with E-state index in [1.807, 2.05) is 6.07 Å². The zero-order valence-electron chi connectivity index (χ0n) is 27.6. The third kappa shape index (κ3) is 3.98.